The van der Waals surface area contributed by atoms with E-state index in [0.29, 0.717) is 5.41 Å². The van der Waals surface area contributed by atoms with E-state index in [0.717, 1.165) is 26.1 Å². The summed E-state index contributed by atoms with van der Waals surface area (Å²) < 4.78 is 5.02. The van der Waals surface area contributed by atoms with Crippen molar-refractivity contribution in [2.45, 2.75) is 12.8 Å². The van der Waals surface area contributed by atoms with Gasteiger partial charge >= 0.3 is 35.5 Å². The van der Waals surface area contributed by atoms with E-state index >= 15 is 0 Å². The van der Waals surface area contributed by atoms with E-state index in [2.05, 4.69) is 0 Å². The molecule has 1 saturated heterocycles. The van der Waals surface area contributed by atoms with Gasteiger partial charge in [0, 0.05) is 5.41 Å². The van der Waals surface area contributed by atoms with Crippen LogP contribution in [0.1, 0.15) is 14.3 Å². The van der Waals surface area contributed by atoms with Crippen molar-refractivity contribution < 1.29 is 45.6 Å². The average molecular weight is 166 g/mol. The van der Waals surface area contributed by atoms with Crippen LogP contribution in [0.15, 0.2) is 0 Å². The Balaban J connectivity index is 0.000000605. The molecule has 0 radical (unpaired) electrons. The number of carboxylic acid groups (broad SMARTS) is 1. The second-order valence-corrected chi connectivity index (χ2v) is 3.44. The first-order valence-electron chi connectivity index (χ1n) is 3.52. The van der Waals surface area contributed by atoms with Gasteiger partial charge in [0.15, 0.2) is 0 Å². The van der Waals surface area contributed by atoms with E-state index in [9.17, 15) is 4.79 Å². The predicted octanol–water partition coefficient (Wildman–Crippen LogP) is -2.39. The van der Waals surface area contributed by atoms with Gasteiger partial charge in [-0.25, -0.2) is 0 Å². The van der Waals surface area contributed by atoms with Gasteiger partial charge in [0.2, 0.25) is 0 Å². The summed E-state index contributed by atoms with van der Waals surface area (Å²) in [6.07, 6.45) is 1.67. The van der Waals surface area contributed by atoms with Crippen LogP contribution in [0.4, 0.5) is 0 Å². The molecule has 0 aromatic rings. The summed E-state index contributed by atoms with van der Waals surface area (Å²) >= 11 is 0. The second-order valence-electron chi connectivity index (χ2n) is 3.44. The Kier molecular flexibility index (Phi) is 2.64. The molecule has 3 nitrogen and oxygen atoms in total. The molecule has 0 aromatic heterocycles. The smallest absolute Gasteiger partial charge is 1.00 e. The van der Waals surface area contributed by atoms with Crippen LogP contribution in [0.5, 0.6) is 0 Å². The molecule has 4 heteroatoms. The average Bonchev–Trinajstić information content (AvgIpc) is 1.54. The molecule has 0 bridgehead atoms. The molecule has 11 heavy (non-hydrogen) atoms. The molecular formula is C7H11NaO3. The van der Waals surface area contributed by atoms with Crippen LogP contribution in [0, 0.1) is 11.3 Å². The maximum Gasteiger partial charge on any atom is 1.00 e. The summed E-state index contributed by atoms with van der Waals surface area (Å²) in [7, 11) is 0. The summed E-state index contributed by atoms with van der Waals surface area (Å²) in [6.45, 7) is 1.58. The van der Waals surface area contributed by atoms with Crippen molar-refractivity contribution in [3.63, 3.8) is 0 Å². The van der Waals surface area contributed by atoms with Gasteiger partial charge in [-0.2, -0.15) is 0 Å². The Labute approximate surface area is 88.9 Å². The number of hydrogen-bond donors (Lipinski definition) is 1. The maximum absolute atomic E-state index is 10.4. The molecule has 1 aliphatic carbocycles. The van der Waals surface area contributed by atoms with E-state index in [1.807, 2.05) is 0 Å². The van der Waals surface area contributed by atoms with Crippen LogP contribution in [0.25, 0.3) is 0 Å². The standard InChI is InChI=1S/C7H10O3.Na.H/c8-6(9)5-1-7(2-5)3-10-4-7;;/h5H,1-4H2,(H,8,9);;/q;+1;-1. The minimum absolute atomic E-state index is 0. The molecule has 2 rings (SSSR count). The van der Waals surface area contributed by atoms with Gasteiger partial charge in [-0.1, -0.05) is 0 Å². The number of hydrogen-bond acceptors (Lipinski definition) is 2. The monoisotopic (exact) mass is 166 g/mol. The Bertz CT molecular complexity index is 173. The van der Waals surface area contributed by atoms with Crippen molar-refractivity contribution in [2.24, 2.45) is 11.3 Å². The predicted molar refractivity (Wildman–Crippen MR) is 34.7 cm³/mol. The fourth-order valence-electron chi connectivity index (χ4n) is 1.79. The first-order chi connectivity index (χ1) is 4.72. The van der Waals surface area contributed by atoms with E-state index in [-0.39, 0.29) is 36.9 Å². The Hall–Kier alpha value is 0.430. The van der Waals surface area contributed by atoms with Crippen LogP contribution in [0.2, 0.25) is 0 Å². The summed E-state index contributed by atoms with van der Waals surface area (Å²) in [5, 5.41) is 8.54. The van der Waals surface area contributed by atoms with Crippen molar-refractivity contribution in [1.29, 1.82) is 0 Å². The fraction of sp³-hybridized carbons (Fsp3) is 0.857. The van der Waals surface area contributed by atoms with E-state index in [1.54, 1.807) is 0 Å². The fourth-order valence-corrected chi connectivity index (χ4v) is 1.79. The first kappa shape index (κ1) is 9.52. The van der Waals surface area contributed by atoms with Gasteiger partial charge in [-0.3, -0.25) is 4.79 Å². The van der Waals surface area contributed by atoms with Crippen molar-refractivity contribution in [3.05, 3.63) is 0 Å². The molecule has 2 fully saturated rings. The third-order valence-electron chi connectivity index (χ3n) is 2.52. The summed E-state index contributed by atoms with van der Waals surface area (Å²) in [6, 6.07) is 0. The van der Waals surface area contributed by atoms with E-state index in [1.165, 1.54) is 0 Å². The molecule has 0 unspecified atom stereocenters. The van der Waals surface area contributed by atoms with Crippen molar-refractivity contribution >= 4 is 5.97 Å². The molecule has 1 saturated carbocycles. The molecule has 0 amide bonds. The number of aliphatic carboxylic acids is 1. The molecule has 58 valence electrons. The molecule has 0 atom stereocenters. The second kappa shape index (κ2) is 3.05. The zero-order valence-electron chi connectivity index (χ0n) is 7.67. The summed E-state index contributed by atoms with van der Waals surface area (Å²) in [5.74, 6) is -0.721. The van der Waals surface area contributed by atoms with Gasteiger partial charge < -0.3 is 11.3 Å². The summed E-state index contributed by atoms with van der Waals surface area (Å²) in [4.78, 5) is 10.4. The number of rotatable bonds is 1. The van der Waals surface area contributed by atoms with Gasteiger partial charge in [0.05, 0.1) is 19.1 Å². The van der Waals surface area contributed by atoms with E-state index < -0.39 is 5.97 Å². The van der Waals surface area contributed by atoms with Gasteiger partial charge in [-0.05, 0) is 12.8 Å². The zero-order valence-corrected chi connectivity index (χ0v) is 8.67. The van der Waals surface area contributed by atoms with Gasteiger partial charge in [0.1, 0.15) is 0 Å². The molecule has 1 N–H and O–H groups in total. The van der Waals surface area contributed by atoms with Crippen molar-refractivity contribution in [2.75, 3.05) is 13.2 Å². The van der Waals surface area contributed by atoms with Crippen molar-refractivity contribution in [3.8, 4) is 0 Å². The third kappa shape index (κ3) is 1.47. The molecule has 0 aromatic carbocycles. The molecule has 2 aliphatic rings. The topological polar surface area (TPSA) is 46.5 Å². The number of carboxylic acids is 1. The minimum Gasteiger partial charge on any atom is -1.00 e. The van der Waals surface area contributed by atoms with Crippen LogP contribution in [-0.2, 0) is 9.53 Å². The SMILES string of the molecule is O=C(O)C1CC2(COC2)C1.[H-].[Na+]. The summed E-state index contributed by atoms with van der Waals surface area (Å²) in [5.41, 5.74) is 0.295. The van der Waals surface area contributed by atoms with Crippen LogP contribution in [-0.4, -0.2) is 24.3 Å². The number of carbonyl (C=O) groups is 1. The Morgan fingerprint density at radius 3 is 2.36 bits per heavy atom. The van der Waals surface area contributed by atoms with Crippen LogP contribution in [0.3, 0.4) is 0 Å². The van der Waals surface area contributed by atoms with Crippen molar-refractivity contribution in [1.82, 2.24) is 0 Å². The minimum atomic E-state index is -0.641. The number of ether oxygens (including phenoxy) is 1. The molecular weight excluding hydrogens is 155 g/mol. The Morgan fingerprint density at radius 1 is 1.55 bits per heavy atom. The first-order valence-corrected chi connectivity index (χ1v) is 3.52. The quantitative estimate of drug-likeness (QED) is 0.442. The van der Waals surface area contributed by atoms with Crippen LogP contribution >= 0.6 is 0 Å². The third-order valence-corrected chi connectivity index (χ3v) is 2.52. The molecule has 1 spiro atoms. The maximum atomic E-state index is 10.4. The van der Waals surface area contributed by atoms with Crippen LogP contribution < -0.4 is 29.6 Å². The normalized spacial score (nSPS) is 26.5. The van der Waals surface area contributed by atoms with Gasteiger partial charge in [0.25, 0.3) is 0 Å². The van der Waals surface area contributed by atoms with Gasteiger partial charge in [-0.15, -0.1) is 0 Å². The molecule has 1 aliphatic heterocycles. The largest absolute Gasteiger partial charge is 1.00 e. The Morgan fingerprint density at radius 2 is 2.09 bits per heavy atom. The van der Waals surface area contributed by atoms with E-state index in [4.69, 9.17) is 9.84 Å². The zero-order chi connectivity index (χ0) is 7.19. The molecule has 1 heterocycles.